The fourth-order valence-electron chi connectivity index (χ4n) is 2.69. The number of pyridine rings is 1. The number of aromatic nitrogens is 1. The Bertz CT molecular complexity index is 430. The summed E-state index contributed by atoms with van der Waals surface area (Å²) in [5, 5.41) is 12.3. The summed E-state index contributed by atoms with van der Waals surface area (Å²) in [4.78, 5) is 6.56. The minimum atomic E-state index is 0.569. The zero-order chi connectivity index (χ0) is 13.5. The summed E-state index contributed by atoms with van der Waals surface area (Å²) in [6.45, 7) is 4.24. The van der Waals surface area contributed by atoms with Gasteiger partial charge in [0.25, 0.3) is 0 Å². The van der Waals surface area contributed by atoms with E-state index < -0.39 is 0 Å². The highest BCUT2D eigenvalue weighted by atomic mass is 15.1. The van der Waals surface area contributed by atoms with E-state index in [4.69, 9.17) is 5.26 Å². The third kappa shape index (κ3) is 4.02. The van der Waals surface area contributed by atoms with Gasteiger partial charge in [0.15, 0.2) is 0 Å². The maximum absolute atomic E-state index is 9.05. The van der Waals surface area contributed by atoms with Gasteiger partial charge in [-0.25, -0.2) is 4.98 Å². The van der Waals surface area contributed by atoms with E-state index in [0.717, 1.165) is 37.7 Å². The predicted octanol–water partition coefficient (Wildman–Crippen LogP) is 1.77. The average molecular weight is 258 g/mol. The van der Waals surface area contributed by atoms with E-state index in [1.165, 1.54) is 19.3 Å². The van der Waals surface area contributed by atoms with Crippen molar-refractivity contribution in [1.29, 1.82) is 5.26 Å². The van der Waals surface area contributed by atoms with Crippen molar-refractivity contribution in [3.63, 3.8) is 0 Å². The Morgan fingerprint density at radius 3 is 2.95 bits per heavy atom. The third-order valence-electron chi connectivity index (χ3n) is 3.90. The molecular formula is C15H22N4. The van der Waals surface area contributed by atoms with E-state index in [1.54, 1.807) is 6.20 Å². The lowest BCUT2D eigenvalue weighted by Gasteiger charge is -2.32. The van der Waals surface area contributed by atoms with Crippen LogP contribution in [0.3, 0.4) is 0 Å². The van der Waals surface area contributed by atoms with Gasteiger partial charge in [-0.1, -0.05) is 6.07 Å². The van der Waals surface area contributed by atoms with Crippen molar-refractivity contribution in [2.45, 2.75) is 25.8 Å². The van der Waals surface area contributed by atoms with Gasteiger partial charge in [-0.2, -0.15) is 5.26 Å². The molecule has 0 aliphatic carbocycles. The molecule has 1 aromatic rings. The fourth-order valence-corrected chi connectivity index (χ4v) is 2.69. The van der Waals surface area contributed by atoms with Gasteiger partial charge >= 0.3 is 0 Å². The first-order valence-corrected chi connectivity index (χ1v) is 7.04. The molecule has 0 spiro atoms. The van der Waals surface area contributed by atoms with Gasteiger partial charge in [-0.05, 0) is 57.9 Å². The van der Waals surface area contributed by atoms with Crippen LogP contribution >= 0.6 is 0 Å². The molecule has 1 aliphatic rings. The summed E-state index contributed by atoms with van der Waals surface area (Å²) in [7, 11) is 2.01. The average Bonchev–Trinajstić information content (AvgIpc) is 2.47. The van der Waals surface area contributed by atoms with Crippen LogP contribution in [0.5, 0.6) is 0 Å². The number of piperidine rings is 1. The number of likely N-dealkylation sites (tertiary alicyclic amines) is 1. The van der Waals surface area contributed by atoms with E-state index in [9.17, 15) is 0 Å². The van der Waals surface area contributed by atoms with Crippen LogP contribution < -0.4 is 5.32 Å². The first-order chi connectivity index (χ1) is 9.33. The first kappa shape index (κ1) is 14.0. The summed E-state index contributed by atoms with van der Waals surface area (Å²) >= 11 is 0. The van der Waals surface area contributed by atoms with E-state index in [-0.39, 0.29) is 0 Å². The van der Waals surface area contributed by atoms with Crippen molar-refractivity contribution < 1.29 is 0 Å². The first-order valence-electron chi connectivity index (χ1n) is 7.04. The Labute approximate surface area is 115 Å². The van der Waals surface area contributed by atoms with Crippen molar-refractivity contribution in [2.24, 2.45) is 5.92 Å². The number of nitriles is 1. The van der Waals surface area contributed by atoms with Crippen molar-refractivity contribution in [1.82, 2.24) is 15.2 Å². The molecule has 19 heavy (non-hydrogen) atoms. The topological polar surface area (TPSA) is 52.0 Å². The number of hydrogen-bond donors (Lipinski definition) is 1. The minimum Gasteiger partial charge on any atom is -0.320 e. The second-order valence-corrected chi connectivity index (χ2v) is 5.23. The second-order valence-electron chi connectivity index (χ2n) is 5.23. The highest BCUT2D eigenvalue weighted by Crippen LogP contribution is 2.21. The molecule has 2 heterocycles. The van der Waals surface area contributed by atoms with Crippen LogP contribution in [0.4, 0.5) is 0 Å². The van der Waals surface area contributed by atoms with Gasteiger partial charge < -0.3 is 5.32 Å². The molecule has 1 saturated heterocycles. The monoisotopic (exact) mass is 258 g/mol. The lowest BCUT2D eigenvalue weighted by atomic mass is 9.93. The third-order valence-corrected chi connectivity index (χ3v) is 3.90. The Morgan fingerprint density at radius 2 is 2.26 bits per heavy atom. The van der Waals surface area contributed by atoms with Crippen LogP contribution in [0.2, 0.25) is 0 Å². The normalized spacial score (nSPS) is 17.3. The van der Waals surface area contributed by atoms with Crippen LogP contribution in [0.1, 0.15) is 30.5 Å². The molecule has 1 aliphatic heterocycles. The van der Waals surface area contributed by atoms with Gasteiger partial charge in [0.1, 0.15) is 11.8 Å². The molecule has 1 N–H and O–H groups in total. The van der Waals surface area contributed by atoms with Crippen LogP contribution in [0.15, 0.2) is 18.3 Å². The standard InChI is InChI=1S/C15H22N4/c1-17-8-4-13-5-9-19(10-6-13)12-14-3-2-7-18-15(14)11-16/h2-3,7,13,17H,4-6,8-10,12H2,1H3. The Balaban J connectivity index is 1.84. The molecule has 0 radical (unpaired) electrons. The number of hydrogen-bond acceptors (Lipinski definition) is 4. The maximum atomic E-state index is 9.05. The maximum Gasteiger partial charge on any atom is 0.144 e. The number of nitrogens with one attached hydrogen (secondary N) is 1. The van der Waals surface area contributed by atoms with Crippen molar-refractivity contribution >= 4 is 0 Å². The summed E-state index contributed by atoms with van der Waals surface area (Å²) in [6.07, 6.45) is 5.50. The van der Waals surface area contributed by atoms with Crippen LogP contribution in [0.25, 0.3) is 0 Å². The lowest BCUT2D eigenvalue weighted by molar-refractivity contribution is 0.172. The lowest BCUT2D eigenvalue weighted by Crippen LogP contribution is -2.34. The molecule has 0 aromatic carbocycles. The molecular weight excluding hydrogens is 236 g/mol. The molecule has 0 saturated carbocycles. The zero-order valence-electron chi connectivity index (χ0n) is 11.6. The van der Waals surface area contributed by atoms with Gasteiger partial charge in [-0.15, -0.1) is 0 Å². The number of nitrogens with zero attached hydrogens (tertiary/aromatic N) is 3. The second kappa shape index (κ2) is 7.22. The zero-order valence-corrected chi connectivity index (χ0v) is 11.6. The Hall–Kier alpha value is -1.44. The quantitative estimate of drug-likeness (QED) is 0.874. The van der Waals surface area contributed by atoms with Crippen LogP contribution in [-0.2, 0) is 6.54 Å². The molecule has 0 bridgehead atoms. The molecule has 102 valence electrons. The van der Waals surface area contributed by atoms with Crippen molar-refractivity contribution in [3.05, 3.63) is 29.6 Å². The van der Waals surface area contributed by atoms with E-state index in [2.05, 4.69) is 21.3 Å². The molecule has 4 nitrogen and oxygen atoms in total. The van der Waals surface area contributed by atoms with Crippen molar-refractivity contribution in [2.75, 3.05) is 26.7 Å². The Kier molecular flexibility index (Phi) is 5.31. The molecule has 0 unspecified atom stereocenters. The molecule has 0 amide bonds. The SMILES string of the molecule is CNCCC1CCN(Cc2cccnc2C#N)CC1. The van der Waals surface area contributed by atoms with E-state index in [1.807, 2.05) is 19.2 Å². The van der Waals surface area contributed by atoms with Gasteiger partial charge in [0, 0.05) is 18.3 Å². The number of rotatable bonds is 5. The van der Waals surface area contributed by atoms with E-state index in [0.29, 0.717) is 5.69 Å². The smallest absolute Gasteiger partial charge is 0.144 e. The molecule has 1 aromatic heterocycles. The minimum absolute atomic E-state index is 0.569. The highest BCUT2D eigenvalue weighted by Gasteiger charge is 2.19. The van der Waals surface area contributed by atoms with E-state index >= 15 is 0 Å². The van der Waals surface area contributed by atoms with Crippen LogP contribution in [-0.4, -0.2) is 36.6 Å². The van der Waals surface area contributed by atoms with Gasteiger partial charge in [0.2, 0.25) is 0 Å². The molecule has 2 rings (SSSR count). The summed E-state index contributed by atoms with van der Waals surface area (Å²) in [5.74, 6) is 0.855. The molecule has 1 fully saturated rings. The summed E-state index contributed by atoms with van der Waals surface area (Å²) in [6, 6.07) is 6.10. The van der Waals surface area contributed by atoms with Crippen LogP contribution in [0, 0.1) is 17.2 Å². The van der Waals surface area contributed by atoms with Gasteiger partial charge in [0.05, 0.1) is 0 Å². The molecule has 0 atom stereocenters. The highest BCUT2D eigenvalue weighted by molar-refractivity contribution is 5.30. The Morgan fingerprint density at radius 1 is 1.47 bits per heavy atom. The predicted molar refractivity (Wildman–Crippen MR) is 75.5 cm³/mol. The molecule has 4 heteroatoms. The van der Waals surface area contributed by atoms with Crippen molar-refractivity contribution in [3.8, 4) is 6.07 Å². The summed E-state index contributed by atoms with van der Waals surface area (Å²) < 4.78 is 0. The largest absolute Gasteiger partial charge is 0.320 e. The fraction of sp³-hybridized carbons (Fsp3) is 0.600. The van der Waals surface area contributed by atoms with Gasteiger partial charge in [-0.3, -0.25) is 4.90 Å². The summed E-state index contributed by atoms with van der Waals surface area (Å²) in [5.41, 5.74) is 1.62.